The van der Waals surface area contributed by atoms with Crippen LogP contribution in [-0.2, 0) is 12.4 Å². The number of nitrogens with one attached hydrogen (secondary N) is 2. The Morgan fingerprint density at radius 3 is 2.28 bits per heavy atom. The number of fused-ring (bicyclic) bond motifs is 1. The average Bonchev–Trinajstić information content (AvgIpc) is 3.12. The number of aromatic nitrogens is 3. The molecule has 3 N–H and O–H groups in total. The van der Waals surface area contributed by atoms with Crippen molar-refractivity contribution in [3.63, 3.8) is 0 Å². The summed E-state index contributed by atoms with van der Waals surface area (Å²) >= 11 is 0. The first-order valence-corrected chi connectivity index (χ1v) is 9.31. The lowest BCUT2D eigenvalue weighted by Gasteiger charge is -2.19. The van der Waals surface area contributed by atoms with Crippen LogP contribution in [0.5, 0.6) is 0 Å². The highest BCUT2D eigenvalue weighted by atomic mass is 19.4. The van der Waals surface area contributed by atoms with Crippen LogP contribution < -0.4 is 15.8 Å². The molecule has 1 saturated heterocycles. The molecule has 1 aromatic carbocycles. The van der Waals surface area contributed by atoms with Crippen molar-refractivity contribution in [2.24, 2.45) is 0 Å². The van der Waals surface area contributed by atoms with E-state index < -0.39 is 40.8 Å². The molecule has 3 aromatic rings. The molecule has 0 spiro atoms. The Morgan fingerprint density at radius 2 is 1.72 bits per heavy atom. The van der Waals surface area contributed by atoms with Crippen LogP contribution in [0.15, 0.2) is 35.3 Å². The van der Waals surface area contributed by atoms with Crippen LogP contribution in [0.4, 0.5) is 43.8 Å². The van der Waals surface area contributed by atoms with Gasteiger partial charge in [0.15, 0.2) is 0 Å². The quantitative estimate of drug-likeness (QED) is 0.518. The van der Waals surface area contributed by atoms with Crippen molar-refractivity contribution in [1.82, 2.24) is 15.0 Å². The fraction of sp³-hybridized carbons (Fsp3) is 0.316. The first-order valence-electron chi connectivity index (χ1n) is 9.31. The fourth-order valence-corrected chi connectivity index (χ4v) is 3.40. The molecule has 0 aliphatic carbocycles. The van der Waals surface area contributed by atoms with Crippen LogP contribution >= 0.6 is 0 Å². The minimum Gasteiger partial charge on any atom is -0.391 e. The van der Waals surface area contributed by atoms with Crippen molar-refractivity contribution in [1.29, 1.82) is 0 Å². The Labute approximate surface area is 175 Å². The standard InChI is InChI=1S/C19H15F6N5O2/c20-18(21,22)9-5-10(19(23,24)25)7-11(6-9)27-15-14-13(1-3-26-16(14)32)28-17(29-15)30-4-2-12(31)8-30/h1,3,5-7,12,31H,2,4,8H2,(H,26,32)(H,27,28,29)/t12-/m1/s1. The highest BCUT2D eigenvalue weighted by molar-refractivity contribution is 5.91. The number of β-amino-alcohol motifs (C(OH)–C–C–N with tert-alkyl or cyclic N) is 1. The number of hydrogen-bond acceptors (Lipinski definition) is 6. The molecule has 13 heteroatoms. The van der Waals surface area contributed by atoms with Crippen LogP contribution in [-0.4, -0.2) is 39.3 Å². The summed E-state index contributed by atoms with van der Waals surface area (Å²) in [7, 11) is 0. The van der Waals surface area contributed by atoms with E-state index in [4.69, 9.17) is 0 Å². The Balaban J connectivity index is 1.86. The molecule has 170 valence electrons. The number of hydrogen-bond donors (Lipinski definition) is 3. The largest absolute Gasteiger partial charge is 0.416 e. The molecule has 0 unspecified atom stereocenters. The predicted octanol–water partition coefficient (Wildman–Crippen LogP) is 3.67. The minimum absolute atomic E-state index is 0.00706. The predicted molar refractivity (Wildman–Crippen MR) is 103 cm³/mol. The summed E-state index contributed by atoms with van der Waals surface area (Å²) in [5.74, 6) is -0.189. The van der Waals surface area contributed by atoms with Crippen molar-refractivity contribution >= 4 is 28.4 Å². The number of H-pyrrole nitrogens is 1. The summed E-state index contributed by atoms with van der Waals surface area (Å²) in [6.07, 6.45) is -8.96. The van der Waals surface area contributed by atoms with E-state index in [2.05, 4.69) is 20.3 Å². The first-order chi connectivity index (χ1) is 14.9. The molecule has 4 rings (SSSR count). The summed E-state index contributed by atoms with van der Waals surface area (Å²) in [6.45, 7) is 0.576. The molecule has 0 bridgehead atoms. The fourth-order valence-electron chi connectivity index (χ4n) is 3.40. The van der Waals surface area contributed by atoms with Crippen molar-refractivity contribution in [2.45, 2.75) is 24.9 Å². The van der Waals surface area contributed by atoms with E-state index in [1.54, 1.807) is 4.90 Å². The molecule has 7 nitrogen and oxygen atoms in total. The lowest BCUT2D eigenvalue weighted by atomic mass is 10.1. The van der Waals surface area contributed by atoms with Crippen LogP contribution in [0, 0.1) is 0 Å². The molecule has 0 amide bonds. The van der Waals surface area contributed by atoms with Crippen LogP contribution in [0.1, 0.15) is 17.5 Å². The number of nitrogens with zero attached hydrogens (tertiary/aromatic N) is 3. The zero-order valence-corrected chi connectivity index (χ0v) is 16.1. The highest BCUT2D eigenvalue weighted by Gasteiger charge is 2.37. The molecule has 1 aliphatic rings. The van der Waals surface area contributed by atoms with Gasteiger partial charge in [-0.1, -0.05) is 0 Å². The van der Waals surface area contributed by atoms with Crippen molar-refractivity contribution in [3.05, 3.63) is 51.9 Å². The zero-order chi connectivity index (χ0) is 23.3. The Morgan fingerprint density at radius 1 is 1.06 bits per heavy atom. The van der Waals surface area contributed by atoms with Gasteiger partial charge in [-0.15, -0.1) is 0 Å². The van der Waals surface area contributed by atoms with E-state index in [1.165, 1.54) is 12.3 Å². The van der Waals surface area contributed by atoms with Gasteiger partial charge in [0.1, 0.15) is 11.2 Å². The van der Waals surface area contributed by atoms with E-state index in [0.717, 1.165) is 0 Å². The van der Waals surface area contributed by atoms with Crippen LogP contribution in [0.3, 0.4) is 0 Å². The molecule has 0 saturated carbocycles. The molecule has 2 aromatic heterocycles. The van der Waals surface area contributed by atoms with E-state index in [9.17, 15) is 36.2 Å². The highest BCUT2D eigenvalue weighted by Crippen LogP contribution is 2.38. The molecular formula is C19H15F6N5O2. The van der Waals surface area contributed by atoms with Gasteiger partial charge in [0.25, 0.3) is 5.56 Å². The van der Waals surface area contributed by atoms with Crippen LogP contribution in [0.2, 0.25) is 0 Å². The minimum atomic E-state index is -5.03. The number of halogens is 6. The Hall–Kier alpha value is -3.35. The van der Waals surface area contributed by atoms with Crippen LogP contribution in [0.25, 0.3) is 10.9 Å². The summed E-state index contributed by atoms with van der Waals surface area (Å²) in [5, 5.41) is 12.0. The third-order valence-electron chi connectivity index (χ3n) is 4.90. The lowest BCUT2D eigenvalue weighted by Crippen LogP contribution is -2.24. The van der Waals surface area contributed by atoms with Gasteiger partial charge < -0.3 is 20.3 Å². The van der Waals surface area contributed by atoms with Crippen molar-refractivity contribution in [3.8, 4) is 0 Å². The molecule has 0 radical (unpaired) electrons. The third kappa shape index (κ3) is 4.33. The summed E-state index contributed by atoms with van der Waals surface area (Å²) < 4.78 is 79.1. The van der Waals surface area contributed by atoms with Gasteiger partial charge >= 0.3 is 12.4 Å². The third-order valence-corrected chi connectivity index (χ3v) is 4.90. The molecular weight excluding hydrogens is 444 g/mol. The molecule has 1 fully saturated rings. The normalized spacial score (nSPS) is 17.2. The number of alkyl halides is 6. The topological polar surface area (TPSA) is 94.1 Å². The maximum atomic E-state index is 13.2. The monoisotopic (exact) mass is 459 g/mol. The maximum absolute atomic E-state index is 13.2. The number of aliphatic hydroxyl groups excluding tert-OH is 1. The average molecular weight is 459 g/mol. The number of benzene rings is 1. The number of anilines is 3. The SMILES string of the molecule is O=c1[nH]ccc2nc(N3CC[C@@H](O)C3)nc(Nc3cc(C(F)(F)F)cc(C(F)(F)F)c3)c12. The number of aromatic amines is 1. The van der Waals surface area contributed by atoms with E-state index >= 15 is 0 Å². The Kier molecular flexibility index (Phi) is 5.23. The molecule has 3 heterocycles. The summed E-state index contributed by atoms with van der Waals surface area (Å²) in [5.41, 5.74) is -4.12. The van der Waals surface area contributed by atoms with Gasteiger partial charge in [0, 0.05) is 25.0 Å². The van der Waals surface area contributed by atoms with Gasteiger partial charge in [-0.3, -0.25) is 4.79 Å². The molecule has 1 aliphatic heterocycles. The van der Waals surface area contributed by atoms with Gasteiger partial charge in [-0.25, -0.2) is 4.98 Å². The zero-order valence-electron chi connectivity index (χ0n) is 16.1. The maximum Gasteiger partial charge on any atom is 0.416 e. The second-order valence-electron chi connectivity index (χ2n) is 7.25. The van der Waals surface area contributed by atoms with Crippen molar-refractivity contribution < 1.29 is 31.4 Å². The van der Waals surface area contributed by atoms with Gasteiger partial charge in [-0.05, 0) is 30.7 Å². The summed E-state index contributed by atoms with van der Waals surface area (Å²) in [4.78, 5) is 24.7. The smallest absolute Gasteiger partial charge is 0.391 e. The molecule has 32 heavy (non-hydrogen) atoms. The first kappa shape index (κ1) is 21.9. The van der Waals surface area contributed by atoms with Gasteiger partial charge in [0.05, 0.1) is 22.7 Å². The van der Waals surface area contributed by atoms with E-state index in [1.807, 2.05) is 0 Å². The lowest BCUT2D eigenvalue weighted by molar-refractivity contribution is -0.143. The molecule has 1 atom stereocenters. The van der Waals surface area contributed by atoms with Crippen molar-refractivity contribution in [2.75, 3.05) is 23.3 Å². The Bertz CT molecular complexity index is 1190. The van der Waals surface area contributed by atoms with E-state index in [-0.39, 0.29) is 35.3 Å². The summed E-state index contributed by atoms with van der Waals surface area (Å²) in [6, 6.07) is 2.43. The number of rotatable bonds is 3. The van der Waals surface area contributed by atoms with Gasteiger partial charge in [-0.2, -0.15) is 31.3 Å². The second-order valence-corrected chi connectivity index (χ2v) is 7.25. The van der Waals surface area contributed by atoms with E-state index in [0.29, 0.717) is 25.1 Å². The van der Waals surface area contributed by atoms with Gasteiger partial charge in [0.2, 0.25) is 5.95 Å². The second kappa shape index (κ2) is 7.65. The number of aliphatic hydroxyl groups is 1. The number of pyridine rings is 1.